The van der Waals surface area contributed by atoms with Crippen molar-refractivity contribution in [2.45, 2.75) is 31.1 Å². The summed E-state index contributed by atoms with van der Waals surface area (Å²) in [5.41, 5.74) is 0.879. The number of aromatic nitrogens is 1. The minimum absolute atomic E-state index is 0.102. The first-order valence-electron chi connectivity index (χ1n) is 9.97. The van der Waals surface area contributed by atoms with E-state index in [0.29, 0.717) is 17.8 Å². The van der Waals surface area contributed by atoms with Crippen LogP contribution in [0, 0.1) is 5.92 Å². The van der Waals surface area contributed by atoms with Crippen molar-refractivity contribution in [3.05, 3.63) is 54.4 Å². The number of carbonyl (C=O) groups is 1. The van der Waals surface area contributed by atoms with Crippen LogP contribution in [0.15, 0.2) is 53.7 Å². The summed E-state index contributed by atoms with van der Waals surface area (Å²) in [4.78, 5) is 18.7. The van der Waals surface area contributed by atoms with Gasteiger partial charge in [-0.05, 0) is 81.2 Å². The number of anilines is 1. The molecule has 0 unspecified atom stereocenters. The molecular formula is C21H28N4O3S. The van der Waals surface area contributed by atoms with Crippen LogP contribution < -0.4 is 10.0 Å². The number of carbonyl (C=O) groups excluding carboxylic acids is 1. The Bertz CT molecular complexity index is 893. The molecule has 7 nitrogen and oxygen atoms in total. The van der Waals surface area contributed by atoms with E-state index < -0.39 is 10.0 Å². The minimum Gasteiger partial charge on any atom is -0.352 e. The predicted octanol–water partition coefficient (Wildman–Crippen LogP) is 2.73. The number of nitrogens with one attached hydrogen (secondary N) is 2. The maximum absolute atomic E-state index is 12.4. The van der Waals surface area contributed by atoms with Crippen LogP contribution >= 0.6 is 0 Å². The molecule has 8 heteroatoms. The summed E-state index contributed by atoms with van der Waals surface area (Å²) in [6.07, 6.45) is 6.42. The van der Waals surface area contributed by atoms with E-state index in [-0.39, 0.29) is 10.8 Å². The molecule has 1 fully saturated rings. The summed E-state index contributed by atoms with van der Waals surface area (Å²) in [7, 11) is -3.71. The molecular weight excluding hydrogens is 388 g/mol. The first-order chi connectivity index (χ1) is 13.9. The monoisotopic (exact) mass is 416 g/mol. The van der Waals surface area contributed by atoms with E-state index in [4.69, 9.17) is 0 Å². The SMILES string of the molecule is CC1CCN(CCCNC(=O)c2ccc(S(=O)(=O)Nc3ccncc3)cc2)CC1. The third-order valence-corrected chi connectivity index (χ3v) is 6.57. The molecule has 29 heavy (non-hydrogen) atoms. The minimum atomic E-state index is -3.71. The van der Waals surface area contributed by atoms with Crippen molar-refractivity contribution in [3.8, 4) is 0 Å². The van der Waals surface area contributed by atoms with Gasteiger partial charge in [-0.1, -0.05) is 6.92 Å². The molecule has 3 rings (SSSR count). The number of sulfonamides is 1. The van der Waals surface area contributed by atoms with Crippen molar-refractivity contribution in [1.82, 2.24) is 15.2 Å². The van der Waals surface area contributed by atoms with Gasteiger partial charge in [0.15, 0.2) is 0 Å². The summed E-state index contributed by atoms with van der Waals surface area (Å²) < 4.78 is 27.3. The van der Waals surface area contributed by atoms with Crippen LogP contribution in [0.5, 0.6) is 0 Å². The molecule has 2 N–H and O–H groups in total. The van der Waals surface area contributed by atoms with Gasteiger partial charge in [0.1, 0.15) is 0 Å². The van der Waals surface area contributed by atoms with Gasteiger partial charge in [0.2, 0.25) is 0 Å². The second-order valence-corrected chi connectivity index (χ2v) is 9.18. The summed E-state index contributed by atoms with van der Waals surface area (Å²) in [5.74, 6) is 0.626. The van der Waals surface area contributed by atoms with Gasteiger partial charge < -0.3 is 10.2 Å². The normalized spacial score (nSPS) is 15.8. The number of hydrogen-bond donors (Lipinski definition) is 2. The van der Waals surface area contributed by atoms with E-state index in [9.17, 15) is 13.2 Å². The zero-order chi connectivity index (χ0) is 20.7. The molecule has 0 atom stereocenters. The Morgan fingerprint density at radius 2 is 1.76 bits per heavy atom. The fourth-order valence-electron chi connectivity index (χ4n) is 3.31. The highest BCUT2D eigenvalue weighted by atomic mass is 32.2. The van der Waals surface area contributed by atoms with E-state index in [0.717, 1.165) is 32.0 Å². The maximum atomic E-state index is 12.4. The summed E-state index contributed by atoms with van der Waals surface area (Å²) in [6, 6.07) is 9.08. The highest BCUT2D eigenvalue weighted by Crippen LogP contribution is 2.17. The van der Waals surface area contributed by atoms with Gasteiger partial charge in [-0.25, -0.2) is 8.42 Å². The quantitative estimate of drug-likeness (QED) is 0.646. The number of hydrogen-bond acceptors (Lipinski definition) is 5. The third-order valence-electron chi connectivity index (χ3n) is 5.17. The Balaban J connectivity index is 1.47. The van der Waals surface area contributed by atoms with Gasteiger partial charge in [0.05, 0.1) is 10.6 Å². The van der Waals surface area contributed by atoms with E-state index >= 15 is 0 Å². The lowest BCUT2D eigenvalue weighted by Crippen LogP contribution is -2.35. The Labute approximate surface area is 172 Å². The average molecular weight is 417 g/mol. The molecule has 0 saturated carbocycles. The number of piperidine rings is 1. The van der Waals surface area contributed by atoms with Gasteiger partial charge >= 0.3 is 0 Å². The van der Waals surface area contributed by atoms with Crippen molar-refractivity contribution < 1.29 is 13.2 Å². The average Bonchev–Trinajstić information content (AvgIpc) is 2.73. The lowest BCUT2D eigenvalue weighted by molar-refractivity contribution is 0.0950. The summed E-state index contributed by atoms with van der Waals surface area (Å²) in [6.45, 7) is 6.17. The van der Waals surface area contributed by atoms with Crippen LogP contribution in [0.25, 0.3) is 0 Å². The van der Waals surface area contributed by atoms with Crippen LogP contribution in [0.4, 0.5) is 5.69 Å². The van der Waals surface area contributed by atoms with E-state index in [1.165, 1.54) is 49.5 Å². The van der Waals surface area contributed by atoms with Gasteiger partial charge in [0, 0.05) is 24.5 Å². The van der Waals surface area contributed by atoms with Crippen molar-refractivity contribution in [2.75, 3.05) is 30.9 Å². The highest BCUT2D eigenvalue weighted by Gasteiger charge is 2.16. The second kappa shape index (κ2) is 9.84. The van der Waals surface area contributed by atoms with Crippen molar-refractivity contribution in [3.63, 3.8) is 0 Å². The van der Waals surface area contributed by atoms with Crippen LogP contribution in [0.1, 0.15) is 36.5 Å². The molecule has 1 aromatic carbocycles. The van der Waals surface area contributed by atoms with Gasteiger partial charge in [-0.15, -0.1) is 0 Å². The lowest BCUT2D eigenvalue weighted by atomic mass is 9.99. The smallest absolute Gasteiger partial charge is 0.261 e. The van der Waals surface area contributed by atoms with E-state index in [1.54, 1.807) is 12.1 Å². The molecule has 1 aromatic heterocycles. The van der Waals surface area contributed by atoms with Crippen LogP contribution in [0.3, 0.4) is 0 Å². The van der Waals surface area contributed by atoms with Crippen LogP contribution in [-0.2, 0) is 10.0 Å². The molecule has 1 amide bonds. The number of nitrogens with zero attached hydrogens (tertiary/aromatic N) is 2. The molecule has 1 aliphatic rings. The Kier molecular flexibility index (Phi) is 7.22. The molecule has 0 bridgehead atoms. The van der Waals surface area contributed by atoms with E-state index in [2.05, 4.69) is 26.8 Å². The van der Waals surface area contributed by atoms with Crippen LogP contribution in [0.2, 0.25) is 0 Å². The molecule has 0 aliphatic carbocycles. The molecule has 156 valence electrons. The third kappa shape index (κ3) is 6.27. The number of benzene rings is 1. The fraction of sp³-hybridized carbons (Fsp3) is 0.429. The highest BCUT2D eigenvalue weighted by molar-refractivity contribution is 7.92. The first-order valence-corrected chi connectivity index (χ1v) is 11.5. The molecule has 2 aromatic rings. The number of pyridine rings is 1. The summed E-state index contributed by atoms with van der Waals surface area (Å²) in [5, 5.41) is 2.91. The molecule has 0 spiro atoms. The Hall–Kier alpha value is -2.45. The number of likely N-dealkylation sites (tertiary alicyclic amines) is 1. The maximum Gasteiger partial charge on any atom is 0.261 e. The molecule has 2 heterocycles. The van der Waals surface area contributed by atoms with E-state index in [1.807, 2.05) is 0 Å². The fourth-order valence-corrected chi connectivity index (χ4v) is 4.37. The van der Waals surface area contributed by atoms with Gasteiger partial charge in [0.25, 0.3) is 15.9 Å². The van der Waals surface area contributed by atoms with Gasteiger partial charge in [-0.3, -0.25) is 14.5 Å². The summed E-state index contributed by atoms with van der Waals surface area (Å²) >= 11 is 0. The predicted molar refractivity (Wildman–Crippen MR) is 113 cm³/mol. The van der Waals surface area contributed by atoms with Crippen molar-refractivity contribution in [1.29, 1.82) is 0 Å². The molecule has 0 radical (unpaired) electrons. The molecule has 1 saturated heterocycles. The Morgan fingerprint density at radius 1 is 1.10 bits per heavy atom. The van der Waals surface area contributed by atoms with Crippen molar-refractivity contribution in [2.24, 2.45) is 5.92 Å². The largest absolute Gasteiger partial charge is 0.352 e. The Morgan fingerprint density at radius 3 is 2.41 bits per heavy atom. The van der Waals surface area contributed by atoms with Crippen molar-refractivity contribution >= 4 is 21.6 Å². The zero-order valence-electron chi connectivity index (χ0n) is 16.7. The zero-order valence-corrected chi connectivity index (χ0v) is 17.5. The van der Waals surface area contributed by atoms with Gasteiger partial charge in [-0.2, -0.15) is 0 Å². The standard InChI is InChI=1S/C21H28N4O3S/c1-17-9-15-25(16-10-17)14-2-11-23-21(26)18-3-5-20(6-4-18)29(27,28)24-19-7-12-22-13-8-19/h3-8,12-13,17H,2,9-11,14-16H2,1H3,(H,22,24)(H,23,26). The lowest BCUT2D eigenvalue weighted by Gasteiger charge is -2.30. The molecule has 1 aliphatic heterocycles. The number of amides is 1. The van der Waals surface area contributed by atoms with Crippen LogP contribution in [-0.4, -0.2) is 50.4 Å². The first kappa shape index (κ1) is 21.3. The second-order valence-electron chi connectivity index (χ2n) is 7.50. The number of rotatable bonds is 8. The topological polar surface area (TPSA) is 91.4 Å².